The van der Waals surface area contributed by atoms with Gasteiger partial charge in [0.05, 0.1) is 11.1 Å². The third-order valence-corrected chi connectivity index (χ3v) is 6.11. The third-order valence-electron chi connectivity index (χ3n) is 6.11. The fourth-order valence-corrected chi connectivity index (χ4v) is 4.73. The van der Waals surface area contributed by atoms with Crippen molar-refractivity contribution in [2.45, 2.75) is 38.0 Å². The lowest BCUT2D eigenvalue weighted by Crippen LogP contribution is -2.36. The van der Waals surface area contributed by atoms with Gasteiger partial charge in [-0.05, 0) is 58.7 Å². The molecule has 2 unspecified atom stereocenters. The molecule has 135 valence electrons. The monoisotopic (exact) mass is 351 g/mol. The van der Waals surface area contributed by atoms with Gasteiger partial charge in [-0.25, -0.2) is 9.59 Å². The van der Waals surface area contributed by atoms with Gasteiger partial charge in [0.15, 0.2) is 0 Å². The van der Waals surface area contributed by atoms with E-state index in [4.69, 9.17) is 5.11 Å². The topological polar surface area (TPSA) is 74.6 Å². The lowest BCUT2D eigenvalue weighted by atomic mass is 9.64. The quantitative estimate of drug-likeness (QED) is 0.849. The van der Waals surface area contributed by atoms with E-state index in [1.807, 2.05) is 18.2 Å². The van der Waals surface area contributed by atoms with Gasteiger partial charge in [0, 0.05) is 5.41 Å². The highest BCUT2D eigenvalue weighted by Gasteiger charge is 2.53. The number of fused-ring (bicyclic) bond motifs is 1. The number of carboxylic acid groups (broad SMARTS) is 2. The first-order valence-corrected chi connectivity index (χ1v) is 8.65. The maximum absolute atomic E-state index is 11.4. The smallest absolute Gasteiger partial charge is 0.335 e. The summed E-state index contributed by atoms with van der Waals surface area (Å²) in [5.74, 6) is -1.73. The Kier molecular flexibility index (Phi) is 4.18. The van der Waals surface area contributed by atoms with Crippen molar-refractivity contribution in [2.24, 2.45) is 5.92 Å². The Bertz CT molecular complexity index is 880. The Hall–Kier alpha value is -2.62. The molecule has 0 spiro atoms. The summed E-state index contributed by atoms with van der Waals surface area (Å²) in [5.41, 5.74) is 3.05. The number of carbonyl (C=O) groups is 2. The van der Waals surface area contributed by atoms with E-state index in [1.54, 1.807) is 24.3 Å². The summed E-state index contributed by atoms with van der Waals surface area (Å²) in [6.07, 6.45) is 0.682. The Morgan fingerprint density at radius 2 is 1.46 bits per heavy atom. The van der Waals surface area contributed by atoms with Crippen molar-refractivity contribution >= 4 is 11.9 Å². The molecule has 4 nitrogen and oxygen atoms in total. The number of carboxylic acids is 2. The lowest BCUT2D eigenvalue weighted by Gasteiger charge is -2.38. The second-order valence-corrected chi connectivity index (χ2v) is 7.71. The van der Waals surface area contributed by atoms with Crippen molar-refractivity contribution in [1.29, 1.82) is 0 Å². The number of aromatic carboxylic acids is 2. The summed E-state index contributed by atoms with van der Waals surface area (Å²) >= 11 is 0. The van der Waals surface area contributed by atoms with Crippen molar-refractivity contribution in [2.75, 3.05) is 0 Å². The molecular weight excluding hydrogens is 328 g/mol. The number of hydrogen-bond donors (Lipinski definition) is 2. The molecule has 3 rings (SSSR count). The first-order chi connectivity index (χ1) is 12.1. The molecule has 0 aromatic heterocycles. The van der Waals surface area contributed by atoms with Crippen LogP contribution in [0.2, 0.25) is 0 Å². The zero-order valence-corrected chi connectivity index (χ0v) is 15.2. The largest absolute Gasteiger partial charge is 0.478 e. The minimum absolute atomic E-state index is 0.157. The third kappa shape index (κ3) is 2.44. The van der Waals surface area contributed by atoms with E-state index in [1.165, 1.54) is 0 Å². The van der Waals surface area contributed by atoms with Crippen LogP contribution < -0.4 is 0 Å². The maximum atomic E-state index is 11.4. The highest BCUT2D eigenvalue weighted by Crippen LogP contribution is 2.58. The molecule has 0 amide bonds. The molecule has 2 aromatic carbocycles. The molecule has 0 saturated carbocycles. The van der Waals surface area contributed by atoms with Crippen LogP contribution >= 0.6 is 0 Å². The molecule has 0 bridgehead atoms. The van der Waals surface area contributed by atoms with Crippen LogP contribution in [-0.2, 0) is 10.8 Å². The Balaban J connectivity index is 2.23. The average molecular weight is 351 g/mol. The molecule has 1 radical (unpaired) electrons. The fraction of sp³-hybridized carbons (Fsp3) is 0.318. The van der Waals surface area contributed by atoms with Gasteiger partial charge in [-0.1, -0.05) is 45.9 Å². The summed E-state index contributed by atoms with van der Waals surface area (Å²) in [6.45, 7) is 10.6. The van der Waals surface area contributed by atoms with Crippen LogP contribution in [0.25, 0.3) is 0 Å². The highest BCUT2D eigenvalue weighted by molar-refractivity contribution is 5.88. The SMILES string of the molecule is [CH2]CC1C(C)(C)c2cc(C(=O)O)ccc2C1(C)c1ccc(C(=O)O)cc1. The van der Waals surface area contributed by atoms with Gasteiger partial charge >= 0.3 is 11.9 Å². The number of hydrogen-bond acceptors (Lipinski definition) is 2. The number of rotatable bonds is 4. The van der Waals surface area contributed by atoms with Crippen LogP contribution in [0.15, 0.2) is 42.5 Å². The molecule has 1 aliphatic carbocycles. The predicted molar refractivity (Wildman–Crippen MR) is 99.7 cm³/mol. The first-order valence-electron chi connectivity index (χ1n) is 8.65. The molecule has 4 heteroatoms. The minimum Gasteiger partial charge on any atom is -0.478 e. The summed E-state index contributed by atoms with van der Waals surface area (Å²) in [4.78, 5) is 22.6. The van der Waals surface area contributed by atoms with Gasteiger partial charge in [0.2, 0.25) is 0 Å². The fourth-order valence-electron chi connectivity index (χ4n) is 4.73. The van der Waals surface area contributed by atoms with Crippen LogP contribution in [0.3, 0.4) is 0 Å². The summed E-state index contributed by atoms with van der Waals surface area (Å²) in [6, 6.07) is 12.3. The molecule has 1 aliphatic rings. The van der Waals surface area contributed by atoms with Crippen LogP contribution in [0.4, 0.5) is 0 Å². The van der Waals surface area contributed by atoms with Gasteiger partial charge in [-0.3, -0.25) is 0 Å². The normalized spacial score (nSPS) is 23.5. The molecule has 0 heterocycles. The van der Waals surface area contributed by atoms with Crippen LogP contribution in [0.1, 0.15) is 64.6 Å². The van der Waals surface area contributed by atoms with E-state index in [9.17, 15) is 14.7 Å². The van der Waals surface area contributed by atoms with Gasteiger partial charge in [0.25, 0.3) is 0 Å². The van der Waals surface area contributed by atoms with Crippen LogP contribution in [0.5, 0.6) is 0 Å². The molecule has 26 heavy (non-hydrogen) atoms. The molecule has 2 aromatic rings. The van der Waals surface area contributed by atoms with Crippen molar-refractivity contribution in [3.05, 3.63) is 77.2 Å². The van der Waals surface area contributed by atoms with Crippen LogP contribution in [-0.4, -0.2) is 22.2 Å². The summed E-state index contributed by atoms with van der Waals surface area (Å²) in [5, 5.41) is 18.5. The van der Waals surface area contributed by atoms with Gasteiger partial charge < -0.3 is 10.2 Å². The molecule has 0 aliphatic heterocycles. The highest BCUT2D eigenvalue weighted by atomic mass is 16.4. The Morgan fingerprint density at radius 3 is 1.96 bits per heavy atom. The van der Waals surface area contributed by atoms with Crippen LogP contribution in [0, 0.1) is 12.8 Å². The predicted octanol–water partition coefficient (Wildman–Crippen LogP) is 4.52. The molecule has 0 fully saturated rings. The molecule has 0 saturated heterocycles. The van der Waals surface area contributed by atoms with E-state index in [0.29, 0.717) is 6.42 Å². The second-order valence-electron chi connectivity index (χ2n) is 7.71. The van der Waals surface area contributed by atoms with Crippen molar-refractivity contribution in [1.82, 2.24) is 0 Å². The zero-order chi connectivity index (χ0) is 19.3. The zero-order valence-electron chi connectivity index (χ0n) is 15.2. The second kappa shape index (κ2) is 5.97. The summed E-state index contributed by atoms with van der Waals surface area (Å²) in [7, 11) is 0. The average Bonchev–Trinajstić information content (AvgIpc) is 2.78. The first kappa shape index (κ1) is 18.2. The van der Waals surface area contributed by atoms with E-state index in [2.05, 4.69) is 27.7 Å². The van der Waals surface area contributed by atoms with Crippen molar-refractivity contribution in [3.63, 3.8) is 0 Å². The van der Waals surface area contributed by atoms with Gasteiger partial charge in [0.1, 0.15) is 0 Å². The number of benzene rings is 2. The standard InChI is InChI=1S/C22H23O4/c1-5-18-21(2,3)17-12-14(20(25)26)8-11-16(17)22(18,4)15-9-6-13(7-10-15)19(23)24/h6-12,18H,1,5H2,2-4H3,(H,23,24)(H,25,26). The van der Waals surface area contributed by atoms with Crippen molar-refractivity contribution < 1.29 is 19.8 Å². The van der Waals surface area contributed by atoms with E-state index >= 15 is 0 Å². The van der Waals surface area contributed by atoms with Gasteiger partial charge in [-0.15, -0.1) is 0 Å². The Labute approximate surface area is 153 Å². The lowest BCUT2D eigenvalue weighted by molar-refractivity contribution is 0.0686. The minimum atomic E-state index is -0.950. The molecule has 2 atom stereocenters. The Morgan fingerprint density at radius 1 is 0.923 bits per heavy atom. The maximum Gasteiger partial charge on any atom is 0.335 e. The van der Waals surface area contributed by atoms with E-state index < -0.39 is 11.9 Å². The van der Waals surface area contributed by atoms with Gasteiger partial charge in [-0.2, -0.15) is 0 Å². The van der Waals surface area contributed by atoms with E-state index in [0.717, 1.165) is 16.7 Å². The molecule has 2 N–H and O–H groups in total. The molecular formula is C22H23O4. The summed E-state index contributed by atoms with van der Waals surface area (Å²) < 4.78 is 0. The van der Waals surface area contributed by atoms with Crippen molar-refractivity contribution in [3.8, 4) is 0 Å². The van der Waals surface area contributed by atoms with E-state index in [-0.39, 0.29) is 27.9 Å².